The predicted molar refractivity (Wildman–Crippen MR) is 39.1 cm³/mol. The van der Waals surface area contributed by atoms with E-state index >= 15 is 0 Å². The molecule has 1 aliphatic rings. The van der Waals surface area contributed by atoms with Gasteiger partial charge in [0.2, 0.25) is 10.0 Å². The third kappa shape index (κ3) is 2.39. The second-order valence-corrected chi connectivity index (χ2v) is 4.55. The van der Waals surface area contributed by atoms with Gasteiger partial charge in [-0.25, -0.2) is 8.42 Å². The molecule has 4 nitrogen and oxygen atoms in total. The summed E-state index contributed by atoms with van der Waals surface area (Å²) in [4.78, 5) is 0. The van der Waals surface area contributed by atoms with Crippen LogP contribution in [0.15, 0.2) is 0 Å². The average Bonchev–Trinajstić information content (AvgIpc) is 1.86. The largest absolute Gasteiger partial charge is 0.213 e. The zero-order valence-corrected chi connectivity index (χ0v) is 7.14. The van der Waals surface area contributed by atoms with Crippen LogP contribution >= 0.6 is 0 Å². The topological polar surface area (TPSA) is 40.6 Å². The van der Waals surface area contributed by atoms with Gasteiger partial charge in [0.15, 0.2) is 0 Å². The van der Waals surface area contributed by atoms with Crippen molar-refractivity contribution in [2.45, 2.75) is 0 Å². The molecule has 0 spiro atoms. The minimum absolute atomic E-state index is 0.174. The maximum Gasteiger partial charge on any atom is 0.211 e. The van der Waals surface area contributed by atoms with Crippen molar-refractivity contribution in [1.82, 2.24) is 9.43 Å². The van der Waals surface area contributed by atoms with Crippen molar-refractivity contribution in [3.05, 3.63) is 0 Å². The van der Waals surface area contributed by atoms with Crippen LogP contribution in [0.2, 0.25) is 0 Å². The van der Waals surface area contributed by atoms with E-state index in [-0.39, 0.29) is 26.2 Å². The van der Waals surface area contributed by atoms with E-state index in [9.17, 15) is 12.9 Å². The van der Waals surface area contributed by atoms with Gasteiger partial charge >= 0.3 is 0 Å². The van der Waals surface area contributed by atoms with Crippen molar-refractivity contribution in [2.24, 2.45) is 0 Å². The summed E-state index contributed by atoms with van der Waals surface area (Å²) < 4.78 is 35.4. The van der Waals surface area contributed by atoms with Gasteiger partial charge in [0, 0.05) is 26.2 Å². The van der Waals surface area contributed by atoms with Gasteiger partial charge in [-0.2, -0.15) is 4.31 Å². The average molecular weight is 182 g/mol. The fourth-order valence-electron chi connectivity index (χ4n) is 0.995. The highest BCUT2D eigenvalue weighted by molar-refractivity contribution is 7.88. The van der Waals surface area contributed by atoms with Crippen molar-refractivity contribution >= 4 is 10.0 Å². The Balaban J connectivity index is 2.53. The third-order valence-electron chi connectivity index (χ3n) is 1.65. The number of nitrogens with zero attached hydrogens (tertiary/aromatic N) is 2. The number of rotatable bonds is 1. The first-order valence-electron chi connectivity index (χ1n) is 3.36. The molecule has 0 aliphatic carbocycles. The molecule has 0 unspecified atom stereocenters. The molecule has 6 heteroatoms. The van der Waals surface area contributed by atoms with Gasteiger partial charge in [0.25, 0.3) is 0 Å². The zero-order chi connectivity index (χ0) is 8.48. The highest BCUT2D eigenvalue weighted by Crippen LogP contribution is 2.05. The number of sulfonamides is 1. The van der Waals surface area contributed by atoms with E-state index in [0.717, 1.165) is 6.26 Å². The molecule has 66 valence electrons. The van der Waals surface area contributed by atoms with E-state index in [1.165, 1.54) is 4.31 Å². The van der Waals surface area contributed by atoms with E-state index in [0.29, 0.717) is 5.12 Å². The molecule has 0 aromatic rings. The minimum Gasteiger partial charge on any atom is -0.213 e. The van der Waals surface area contributed by atoms with Gasteiger partial charge < -0.3 is 0 Å². The first-order valence-corrected chi connectivity index (χ1v) is 5.21. The maximum atomic E-state index is 12.4. The molecule has 1 rings (SSSR count). The number of piperazine rings is 1. The first-order chi connectivity index (χ1) is 5.00. The number of halogens is 1. The van der Waals surface area contributed by atoms with Gasteiger partial charge in [0.05, 0.1) is 6.26 Å². The van der Waals surface area contributed by atoms with Gasteiger partial charge in [-0.05, 0) is 0 Å². The summed E-state index contributed by atoms with van der Waals surface area (Å²) in [6, 6.07) is 0. The fraction of sp³-hybridized carbons (Fsp3) is 1.00. The summed E-state index contributed by atoms with van der Waals surface area (Å²) in [7, 11) is -3.11. The van der Waals surface area contributed by atoms with Crippen molar-refractivity contribution in [1.29, 1.82) is 0 Å². The molecule has 11 heavy (non-hydrogen) atoms. The molecule has 1 aliphatic heterocycles. The number of hydrogen-bond acceptors (Lipinski definition) is 3. The van der Waals surface area contributed by atoms with Crippen molar-refractivity contribution in [3.63, 3.8) is 0 Å². The second-order valence-electron chi connectivity index (χ2n) is 2.57. The summed E-state index contributed by atoms with van der Waals surface area (Å²) >= 11 is 0. The lowest BCUT2D eigenvalue weighted by Crippen LogP contribution is -2.45. The Morgan fingerprint density at radius 3 is 2.00 bits per heavy atom. The van der Waals surface area contributed by atoms with Gasteiger partial charge in [0.1, 0.15) is 0 Å². The molecular weight excluding hydrogens is 171 g/mol. The van der Waals surface area contributed by atoms with Crippen LogP contribution in [-0.2, 0) is 10.0 Å². The number of hydrogen-bond donors (Lipinski definition) is 0. The molecular formula is C5H11FN2O2S. The SMILES string of the molecule is CS(=O)(=O)N1CCN(F)CC1. The molecule has 1 fully saturated rings. The predicted octanol–water partition coefficient (Wildman–Crippen LogP) is -0.552. The van der Waals surface area contributed by atoms with Gasteiger partial charge in [-0.15, -0.1) is 9.60 Å². The van der Waals surface area contributed by atoms with Gasteiger partial charge in [-0.1, -0.05) is 0 Å². The molecule has 1 heterocycles. The monoisotopic (exact) mass is 182 g/mol. The van der Waals surface area contributed by atoms with Crippen LogP contribution in [0.3, 0.4) is 0 Å². The molecule has 0 saturated carbocycles. The lowest BCUT2D eigenvalue weighted by atomic mass is 10.4. The van der Waals surface area contributed by atoms with Crippen LogP contribution in [-0.4, -0.2) is 50.3 Å². The summed E-state index contributed by atoms with van der Waals surface area (Å²) in [6.07, 6.45) is 1.14. The molecule has 0 aromatic heterocycles. The molecule has 1 saturated heterocycles. The second kappa shape index (κ2) is 3.04. The Morgan fingerprint density at radius 1 is 1.18 bits per heavy atom. The summed E-state index contributed by atoms with van der Waals surface area (Å²) in [5.41, 5.74) is 0. The van der Waals surface area contributed by atoms with Crippen molar-refractivity contribution in [2.75, 3.05) is 32.4 Å². The van der Waals surface area contributed by atoms with E-state index in [1.807, 2.05) is 0 Å². The third-order valence-corrected chi connectivity index (χ3v) is 2.96. The molecule has 0 amide bonds. The van der Waals surface area contributed by atoms with Crippen molar-refractivity contribution < 1.29 is 12.9 Å². The van der Waals surface area contributed by atoms with Crippen LogP contribution in [0.5, 0.6) is 0 Å². The molecule has 0 N–H and O–H groups in total. The summed E-state index contributed by atoms with van der Waals surface area (Å²) in [5, 5.41) is 0.627. The fourth-order valence-corrected chi connectivity index (χ4v) is 1.82. The summed E-state index contributed by atoms with van der Waals surface area (Å²) in [6.45, 7) is 0.866. The minimum atomic E-state index is -3.11. The van der Waals surface area contributed by atoms with Crippen LogP contribution in [0.25, 0.3) is 0 Å². The Labute approximate surface area is 65.6 Å². The molecule has 0 bridgehead atoms. The van der Waals surface area contributed by atoms with Gasteiger partial charge in [-0.3, -0.25) is 0 Å². The van der Waals surface area contributed by atoms with Crippen LogP contribution in [0, 0.1) is 0 Å². The standard InChI is InChI=1S/C5H11FN2O2S/c1-11(9,10)8-4-2-7(6)3-5-8/h2-5H2,1H3. The Kier molecular flexibility index (Phi) is 2.46. The lowest BCUT2D eigenvalue weighted by Gasteiger charge is -2.27. The smallest absolute Gasteiger partial charge is 0.211 e. The molecule has 0 radical (unpaired) electrons. The highest BCUT2D eigenvalue weighted by atomic mass is 32.2. The molecule has 0 aromatic carbocycles. The van der Waals surface area contributed by atoms with Crippen molar-refractivity contribution in [3.8, 4) is 0 Å². The molecule has 0 atom stereocenters. The first kappa shape index (κ1) is 8.89. The van der Waals surface area contributed by atoms with Crippen LogP contribution < -0.4 is 0 Å². The van der Waals surface area contributed by atoms with E-state index in [4.69, 9.17) is 0 Å². The zero-order valence-electron chi connectivity index (χ0n) is 6.33. The van der Waals surface area contributed by atoms with E-state index in [1.54, 1.807) is 0 Å². The van der Waals surface area contributed by atoms with Crippen LogP contribution in [0.1, 0.15) is 0 Å². The Morgan fingerprint density at radius 2 is 1.64 bits per heavy atom. The highest BCUT2D eigenvalue weighted by Gasteiger charge is 2.22. The normalized spacial score (nSPS) is 23.8. The summed E-state index contributed by atoms with van der Waals surface area (Å²) in [5.74, 6) is 0. The maximum absolute atomic E-state index is 12.4. The van der Waals surface area contributed by atoms with Crippen LogP contribution in [0.4, 0.5) is 4.48 Å². The quantitative estimate of drug-likeness (QED) is 0.511. The van der Waals surface area contributed by atoms with E-state index in [2.05, 4.69) is 0 Å². The van der Waals surface area contributed by atoms with E-state index < -0.39 is 10.0 Å². The Bertz CT molecular complexity index is 221. The lowest BCUT2D eigenvalue weighted by molar-refractivity contribution is -0.00367. The Hall–Kier alpha value is -0.200.